The molecule has 2 atom stereocenters. The smallest absolute Gasteiger partial charge is 0.223 e. The van der Waals surface area contributed by atoms with Gasteiger partial charge in [-0.2, -0.15) is 4.31 Å². The van der Waals surface area contributed by atoms with Crippen molar-refractivity contribution in [3.05, 3.63) is 35.4 Å². The topological polar surface area (TPSA) is 102 Å². The van der Waals surface area contributed by atoms with E-state index in [4.69, 9.17) is 10.5 Å². The number of benzene rings is 1. The average Bonchev–Trinajstić information content (AvgIpc) is 3.08. The van der Waals surface area contributed by atoms with Gasteiger partial charge in [0.15, 0.2) is 0 Å². The molecule has 0 radical (unpaired) electrons. The van der Waals surface area contributed by atoms with E-state index >= 15 is 0 Å². The molecule has 0 aromatic heterocycles. The number of carbonyl (C=O) groups is 1. The zero-order valence-corrected chi connectivity index (χ0v) is 16.9. The number of halogens is 1. The van der Waals surface area contributed by atoms with Crippen LogP contribution < -0.4 is 11.1 Å². The van der Waals surface area contributed by atoms with E-state index in [0.717, 1.165) is 30.4 Å². The molecule has 2 fully saturated rings. The number of nitrogens with one attached hydrogen (secondary N) is 1. The highest BCUT2D eigenvalue weighted by molar-refractivity contribution is 7.88. The summed E-state index contributed by atoms with van der Waals surface area (Å²) in [6.45, 7) is 1.98. The number of hydrogen-bond acceptors (Lipinski definition) is 5. The van der Waals surface area contributed by atoms with Gasteiger partial charge >= 0.3 is 0 Å². The number of carbonyl (C=O) groups excluding carboxylic acids is 1. The van der Waals surface area contributed by atoms with Gasteiger partial charge in [-0.05, 0) is 30.4 Å². The first-order valence-corrected chi connectivity index (χ1v) is 10.7. The fourth-order valence-corrected chi connectivity index (χ4v) is 5.13. The number of rotatable bonds is 6. The van der Waals surface area contributed by atoms with Crippen LogP contribution in [0.4, 0.5) is 0 Å². The van der Waals surface area contributed by atoms with Crippen molar-refractivity contribution in [2.24, 2.45) is 11.7 Å². The van der Waals surface area contributed by atoms with E-state index in [1.54, 1.807) is 0 Å². The molecule has 1 aliphatic carbocycles. The summed E-state index contributed by atoms with van der Waals surface area (Å²) in [5, 5.41) is 2.94. The lowest BCUT2D eigenvalue weighted by atomic mass is 10.1. The Morgan fingerprint density at radius 3 is 2.48 bits per heavy atom. The number of nitrogens with two attached hydrogens (primary N) is 1. The van der Waals surface area contributed by atoms with Crippen LogP contribution in [-0.2, 0) is 31.9 Å². The Morgan fingerprint density at radius 2 is 1.85 bits per heavy atom. The summed E-state index contributed by atoms with van der Waals surface area (Å²) in [5.74, 6) is -0.0918. The Bertz CT molecular complexity index is 738. The fourth-order valence-electron chi connectivity index (χ4n) is 3.56. The summed E-state index contributed by atoms with van der Waals surface area (Å²) in [4.78, 5) is 12.3. The van der Waals surface area contributed by atoms with Crippen molar-refractivity contribution in [3.8, 4) is 0 Å². The number of amides is 1. The van der Waals surface area contributed by atoms with Gasteiger partial charge < -0.3 is 15.8 Å². The first kappa shape index (κ1) is 22.1. The highest BCUT2D eigenvalue weighted by atomic mass is 35.5. The molecule has 1 saturated heterocycles. The zero-order valence-electron chi connectivity index (χ0n) is 15.3. The summed E-state index contributed by atoms with van der Waals surface area (Å²) in [5.41, 5.74) is 7.43. The van der Waals surface area contributed by atoms with E-state index in [9.17, 15) is 13.2 Å². The molecule has 7 nitrogen and oxygen atoms in total. The van der Waals surface area contributed by atoms with Crippen molar-refractivity contribution in [1.29, 1.82) is 0 Å². The van der Waals surface area contributed by atoms with E-state index in [1.807, 2.05) is 24.3 Å². The molecule has 1 saturated carbocycles. The molecule has 2 unspecified atom stereocenters. The van der Waals surface area contributed by atoms with Crippen LogP contribution in [-0.4, -0.2) is 51.0 Å². The molecular weight excluding hydrogens is 390 g/mol. The Labute approximate surface area is 167 Å². The summed E-state index contributed by atoms with van der Waals surface area (Å²) >= 11 is 0. The monoisotopic (exact) mass is 417 g/mol. The van der Waals surface area contributed by atoms with Gasteiger partial charge in [-0.25, -0.2) is 8.42 Å². The lowest BCUT2D eigenvalue weighted by Crippen LogP contribution is -2.41. The first-order valence-electron chi connectivity index (χ1n) is 9.11. The summed E-state index contributed by atoms with van der Waals surface area (Å²) in [6, 6.07) is 7.47. The largest absolute Gasteiger partial charge is 0.379 e. The maximum atomic E-state index is 12.7. The molecule has 27 heavy (non-hydrogen) atoms. The minimum atomic E-state index is -3.40. The van der Waals surface area contributed by atoms with E-state index < -0.39 is 10.0 Å². The maximum absolute atomic E-state index is 12.7. The van der Waals surface area contributed by atoms with Crippen LogP contribution in [0.2, 0.25) is 0 Å². The van der Waals surface area contributed by atoms with Crippen LogP contribution >= 0.6 is 12.4 Å². The lowest BCUT2D eigenvalue weighted by molar-refractivity contribution is -0.125. The predicted octanol–water partition coefficient (Wildman–Crippen LogP) is 1.01. The summed E-state index contributed by atoms with van der Waals surface area (Å²) in [6.07, 6.45) is 2.42. The second-order valence-electron chi connectivity index (χ2n) is 7.02. The van der Waals surface area contributed by atoms with E-state index in [1.165, 1.54) is 4.31 Å². The van der Waals surface area contributed by atoms with Crippen LogP contribution in [0.1, 0.15) is 30.4 Å². The predicted molar refractivity (Wildman–Crippen MR) is 106 cm³/mol. The molecule has 1 heterocycles. The Morgan fingerprint density at radius 1 is 1.19 bits per heavy atom. The SMILES string of the molecule is Cl.NC1CCC(C(=O)NCc2ccccc2CS(=O)(=O)N2CCOCC2)C1. The van der Waals surface area contributed by atoms with Gasteiger partial charge in [-0.1, -0.05) is 24.3 Å². The maximum Gasteiger partial charge on any atom is 0.223 e. The quantitative estimate of drug-likeness (QED) is 0.719. The molecule has 2 aliphatic rings. The van der Waals surface area contributed by atoms with E-state index in [2.05, 4.69) is 5.32 Å². The van der Waals surface area contributed by atoms with Crippen molar-refractivity contribution < 1.29 is 17.9 Å². The third kappa shape index (κ3) is 5.89. The third-order valence-electron chi connectivity index (χ3n) is 5.12. The van der Waals surface area contributed by atoms with E-state index in [-0.39, 0.29) is 36.0 Å². The normalized spacial score (nSPS) is 23.6. The van der Waals surface area contributed by atoms with Crippen molar-refractivity contribution >= 4 is 28.3 Å². The van der Waals surface area contributed by atoms with Crippen LogP contribution in [0.15, 0.2) is 24.3 Å². The van der Waals surface area contributed by atoms with E-state index in [0.29, 0.717) is 32.8 Å². The molecular formula is C18H28ClN3O4S. The van der Waals surface area contributed by atoms with Crippen molar-refractivity contribution in [2.75, 3.05) is 26.3 Å². The van der Waals surface area contributed by atoms with Crippen LogP contribution in [0.3, 0.4) is 0 Å². The zero-order chi connectivity index (χ0) is 18.6. The standard InChI is InChI=1S/C18H27N3O4S.ClH/c19-17-6-5-14(11-17)18(22)20-12-15-3-1-2-4-16(15)13-26(23,24)21-7-9-25-10-8-21;/h1-4,14,17H,5-13,19H2,(H,20,22);1H. The average molecular weight is 418 g/mol. The Balaban J connectivity index is 0.00000261. The van der Waals surface area contributed by atoms with Gasteiger partial charge in [0, 0.05) is 31.6 Å². The summed E-state index contributed by atoms with van der Waals surface area (Å²) < 4.78 is 32.0. The fraction of sp³-hybridized carbons (Fsp3) is 0.611. The first-order chi connectivity index (χ1) is 12.5. The van der Waals surface area contributed by atoms with Crippen LogP contribution in [0.5, 0.6) is 0 Å². The number of ether oxygens (including phenoxy) is 1. The molecule has 0 spiro atoms. The lowest BCUT2D eigenvalue weighted by Gasteiger charge is -2.26. The summed E-state index contributed by atoms with van der Waals surface area (Å²) in [7, 11) is -3.40. The molecule has 0 bridgehead atoms. The molecule has 3 N–H and O–H groups in total. The van der Waals surface area contributed by atoms with Gasteiger partial charge in [0.25, 0.3) is 0 Å². The minimum Gasteiger partial charge on any atom is -0.379 e. The molecule has 3 rings (SSSR count). The van der Waals surface area contributed by atoms with Crippen LogP contribution in [0, 0.1) is 5.92 Å². The second-order valence-corrected chi connectivity index (χ2v) is 8.99. The third-order valence-corrected chi connectivity index (χ3v) is 6.94. The highest BCUT2D eigenvalue weighted by Crippen LogP contribution is 2.24. The minimum absolute atomic E-state index is 0. The molecule has 1 aromatic carbocycles. The molecule has 1 aromatic rings. The number of morpholine rings is 1. The van der Waals surface area contributed by atoms with Gasteiger partial charge in [-0.3, -0.25) is 4.79 Å². The molecule has 9 heteroatoms. The molecule has 1 amide bonds. The Kier molecular flexibility index (Phi) is 8.05. The number of sulfonamides is 1. The molecule has 1 aliphatic heterocycles. The van der Waals surface area contributed by atoms with Crippen molar-refractivity contribution in [3.63, 3.8) is 0 Å². The highest BCUT2D eigenvalue weighted by Gasteiger charge is 2.28. The number of nitrogens with zero attached hydrogens (tertiary/aromatic N) is 1. The number of hydrogen-bond donors (Lipinski definition) is 2. The van der Waals surface area contributed by atoms with Crippen molar-refractivity contribution in [1.82, 2.24) is 9.62 Å². The van der Waals surface area contributed by atoms with Gasteiger partial charge in [-0.15, -0.1) is 12.4 Å². The second kappa shape index (κ2) is 9.84. The Hall–Kier alpha value is -1.19. The molecule has 152 valence electrons. The van der Waals surface area contributed by atoms with Gasteiger partial charge in [0.2, 0.25) is 15.9 Å². The van der Waals surface area contributed by atoms with Crippen LogP contribution in [0.25, 0.3) is 0 Å². The van der Waals surface area contributed by atoms with Gasteiger partial charge in [0.1, 0.15) is 0 Å². The van der Waals surface area contributed by atoms with Crippen molar-refractivity contribution in [2.45, 2.75) is 37.6 Å². The van der Waals surface area contributed by atoms with Gasteiger partial charge in [0.05, 0.1) is 19.0 Å².